The van der Waals surface area contributed by atoms with Gasteiger partial charge in [0.15, 0.2) is 0 Å². The third-order valence-corrected chi connectivity index (χ3v) is 4.32. The Hall–Kier alpha value is -2.76. The maximum Gasteiger partial charge on any atom is 0.253 e. The molecule has 0 bridgehead atoms. The SMILES string of the molecule is NC(=O)C1CCC(NC(=O)c2ccc(-c3cccc(F)c3)nc2)C1. The number of primary amides is 1. The average Bonchev–Trinajstić information content (AvgIpc) is 3.04. The van der Waals surface area contributed by atoms with Crippen LogP contribution in [0.4, 0.5) is 4.39 Å². The number of benzene rings is 1. The predicted octanol–water partition coefficient (Wildman–Crippen LogP) is 2.27. The van der Waals surface area contributed by atoms with E-state index in [1.54, 1.807) is 24.3 Å². The van der Waals surface area contributed by atoms with Gasteiger partial charge in [-0.2, -0.15) is 0 Å². The molecule has 1 aliphatic rings. The lowest BCUT2D eigenvalue weighted by molar-refractivity contribution is -0.121. The number of nitrogens with two attached hydrogens (primary N) is 1. The van der Waals surface area contributed by atoms with Crippen LogP contribution in [-0.4, -0.2) is 22.8 Å². The summed E-state index contributed by atoms with van der Waals surface area (Å²) in [5.41, 5.74) is 6.98. The Labute approximate surface area is 139 Å². The summed E-state index contributed by atoms with van der Waals surface area (Å²) in [6.07, 6.45) is 3.50. The maximum atomic E-state index is 13.3. The van der Waals surface area contributed by atoms with Gasteiger partial charge in [-0.3, -0.25) is 14.6 Å². The summed E-state index contributed by atoms with van der Waals surface area (Å²) in [4.78, 5) is 27.7. The molecule has 2 amide bonds. The number of carbonyl (C=O) groups excluding carboxylic acids is 2. The molecule has 124 valence electrons. The van der Waals surface area contributed by atoms with Gasteiger partial charge in [0.2, 0.25) is 5.91 Å². The Balaban J connectivity index is 1.65. The van der Waals surface area contributed by atoms with E-state index in [9.17, 15) is 14.0 Å². The van der Waals surface area contributed by atoms with E-state index in [0.29, 0.717) is 29.7 Å². The molecule has 0 aliphatic heterocycles. The van der Waals surface area contributed by atoms with Crippen molar-refractivity contribution in [1.82, 2.24) is 10.3 Å². The summed E-state index contributed by atoms with van der Waals surface area (Å²) in [7, 11) is 0. The van der Waals surface area contributed by atoms with Crippen LogP contribution in [-0.2, 0) is 4.79 Å². The van der Waals surface area contributed by atoms with E-state index in [1.807, 2.05) is 0 Å². The van der Waals surface area contributed by atoms with E-state index in [4.69, 9.17) is 5.73 Å². The zero-order valence-electron chi connectivity index (χ0n) is 13.0. The second kappa shape index (κ2) is 6.78. The monoisotopic (exact) mass is 327 g/mol. The Morgan fingerprint density at radius 1 is 1.21 bits per heavy atom. The molecular formula is C18H18FN3O2. The summed E-state index contributed by atoms with van der Waals surface area (Å²) < 4.78 is 13.3. The molecule has 1 aromatic heterocycles. The number of carbonyl (C=O) groups is 2. The third kappa shape index (κ3) is 3.59. The number of hydrogen-bond acceptors (Lipinski definition) is 3. The molecule has 6 heteroatoms. The fraction of sp³-hybridized carbons (Fsp3) is 0.278. The molecule has 24 heavy (non-hydrogen) atoms. The number of nitrogens with one attached hydrogen (secondary N) is 1. The molecule has 2 atom stereocenters. The molecule has 1 aromatic carbocycles. The minimum atomic E-state index is -0.332. The highest BCUT2D eigenvalue weighted by atomic mass is 19.1. The van der Waals surface area contributed by atoms with Gasteiger partial charge in [-0.1, -0.05) is 12.1 Å². The largest absolute Gasteiger partial charge is 0.369 e. The van der Waals surface area contributed by atoms with E-state index in [0.717, 1.165) is 6.42 Å². The summed E-state index contributed by atoms with van der Waals surface area (Å²) in [6.45, 7) is 0. The molecule has 1 aliphatic carbocycles. The van der Waals surface area contributed by atoms with E-state index in [-0.39, 0.29) is 29.6 Å². The predicted molar refractivity (Wildman–Crippen MR) is 87.4 cm³/mol. The highest BCUT2D eigenvalue weighted by Crippen LogP contribution is 2.25. The Morgan fingerprint density at radius 3 is 2.67 bits per heavy atom. The van der Waals surface area contributed by atoms with Crippen LogP contribution >= 0.6 is 0 Å². The topological polar surface area (TPSA) is 85.1 Å². The van der Waals surface area contributed by atoms with Crippen molar-refractivity contribution >= 4 is 11.8 Å². The zero-order chi connectivity index (χ0) is 17.1. The van der Waals surface area contributed by atoms with E-state index < -0.39 is 0 Å². The lowest BCUT2D eigenvalue weighted by atomic mass is 10.1. The molecule has 0 radical (unpaired) electrons. The molecule has 2 aromatic rings. The molecule has 5 nitrogen and oxygen atoms in total. The molecule has 2 unspecified atom stereocenters. The minimum Gasteiger partial charge on any atom is -0.369 e. The maximum absolute atomic E-state index is 13.3. The van der Waals surface area contributed by atoms with E-state index in [1.165, 1.54) is 18.3 Å². The van der Waals surface area contributed by atoms with Gasteiger partial charge in [-0.25, -0.2) is 4.39 Å². The number of halogens is 1. The second-order valence-electron chi connectivity index (χ2n) is 6.03. The number of amides is 2. The number of pyridine rings is 1. The minimum absolute atomic E-state index is 0.0436. The number of rotatable bonds is 4. The molecule has 1 heterocycles. The summed E-state index contributed by atoms with van der Waals surface area (Å²) in [5, 5.41) is 2.90. The van der Waals surface area contributed by atoms with Gasteiger partial charge >= 0.3 is 0 Å². The lowest BCUT2D eigenvalue weighted by Gasteiger charge is -2.12. The fourth-order valence-electron chi connectivity index (χ4n) is 2.99. The zero-order valence-corrected chi connectivity index (χ0v) is 13.0. The Morgan fingerprint density at radius 2 is 2.04 bits per heavy atom. The van der Waals surface area contributed by atoms with Crippen LogP contribution in [0.5, 0.6) is 0 Å². The van der Waals surface area contributed by atoms with Crippen LogP contribution in [0.2, 0.25) is 0 Å². The van der Waals surface area contributed by atoms with Crippen LogP contribution in [0, 0.1) is 11.7 Å². The van der Waals surface area contributed by atoms with Crippen molar-refractivity contribution in [3.8, 4) is 11.3 Å². The van der Waals surface area contributed by atoms with Gasteiger partial charge in [-0.15, -0.1) is 0 Å². The quantitative estimate of drug-likeness (QED) is 0.903. The van der Waals surface area contributed by atoms with Crippen molar-refractivity contribution in [2.24, 2.45) is 11.7 Å². The highest BCUT2D eigenvalue weighted by Gasteiger charge is 2.29. The molecular weight excluding hydrogens is 309 g/mol. The number of aromatic nitrogens is 1. The van der Waals surface area contributed by atoms with Crippen molar-refractivity contribution in [3.05, 3.63) is 54.0 Å². The van der Waals surface area contributed by atoms with Gasteiger partial charge in [0, 0.05) is 23.7 Å². The first-order chi connectivity index (χ1) is 11.5. The summed E-state index contributed by atoms with van der Waals surface area (Å²) in [6, 6.07) is 9.43. The van der Waals surface area contributed by atoms with Crippen LogP contribution in [0.15, 0.2) is 42.6 Å². The number of hydrogen-bond donors (Lipinski definition) is 2. The Bertz CT molecular complexity index is 761. The van der Waals surface area contributed by atoms with E-state index in [2.05, 4.69) is 10.3 Å². The molecule has 1 fully saturated rings. The van der Waals surface area contributed by atoms with Crippen molar-refractivity contribution in [3.63, 3.8) is 0 Å². The van der Waals surface area contributed by atoms with Crippen molar-refractivity contribution in [2.45, 2.75) is 25.3 Å². The van der Waals surface area contributed by atoms with Crippen molar-refractivity contribution in [1.29, 1.82) is 0 Å². The van der Waals surface area contributed by atoms with Gasteiger partial charge in [0.05, 0.1) is 11.3 Å². The Kier molecular flexibility index (Phi) is 4.55. The van der Waals surface area contributed by atoms with Gasteiger partial charge in [0.1, 0.15) is 5.82 Å². The molecule has 3 N–H and O–H groups in total. The van der Waals surface area contributed by atoms with Gasteiger partial charge in [0.25, 0.3) is 5.91 Å². The van der Waals surface area contributed by atoms with E-state index >= 15 is 0 Å². The third-order valence-electron chi connectivity index (χ3n) is 4.32. The van der Waals surface area contributed by atoms with Crippen molar-refractivity contribution in [2.75, 3.05) is 0 Å². The van der Waals surface area contributed by atoms with Gasteiger partial charge < -0.3 is 11.1 Å². The molecule has 1 saturated carbocycles. The molecule has 3 rings (SSSR count). The normalized spacial score (nSPS) is 19.9. The van der Waals surface area contributed by atoms with Gasteiger partial charge in [-0.05, 0) is 43.5 Å². The first kappa shape index (κ1) is 16.1. The van der Waals surface area contributed by atoms with Crippen LogP contribution in [0.1, 0.15) is 29.6 Å². The summed E-state index contributed by atoms with van der Waals surface area (Å²) >= 11 is 0. The average molecular weight is 327 g/mol. The summed E-state index contributed by atoms with van der Waals surface area (Å²) in [5.74, 6) is -1.04. The standard InChI is InChI=1S/C18H18FN3O2/c19-14-3-1-2-11(8-14)16-7-5-13(10-21-16)18(24)22-15-6-4-12(9-15)17(20)23/h1-3,5,7-8,10,12,15H,4,6,9H2,(H2,20,23)(H,22,24). The van der Waals surface area contributed by atoms with Crippen LogP contribution in [0.25, 0.3) is 11.3 Å². The lowest BCUT2D eigenvalue weighted by Crippen LogP contribution is -2.33. The first-order valence-corrected chi connectivity index (χ1v) is 7.85. The fourth-order valence-corrected chi connectivity index (χ4v) is 2.99. The van der Waals surface area contributed by atoms with Crippen LogP contribution < -0.4 is 11.1 Å². The second-order valence-corrected chi connectivity index (χ2v) is 6.03. The van der Waals surface area contributed by atoms with Crippen molar-refractivity contribution < 1.29 is 14.0 Å². The molecule has 0 spiro atoms. The first-order valence-electron chi connectivity index (χ1n) is 7.85. The molecule has 0 saturated heterocycles. The van der Waals surface area contributed by atoms with Crippen LogP contribution in [0.3, 0.4) is 0 Å². The smallest absolute Gasteiger partial charge is 0.253 e. The number of nitrogens with zero attached hydrogens (tertiary/aromatic N) is 1. The highest BCUT2D eigenvalue weighted by molar-refractivity contribution is 5.94.